The molecule has 3 aromatic rings. The SMILES string of the molecule is COc1cc(NC(=O)Cn2cc(Cl)cn2)cc(S(=O)(=O)c2ccc(Cl)cc2)c1. The van der Waals surface area contributed by atoms with Crippen molar-refractivity contribution in [1.29, 1.82) is 0 Å². The number of aromatic nitrogens is 2. The third-order valence-corrected chi connectivity index (χ3v) is 5.94. The lowest BCUT2D eigenvalue weighted by Gasteiger charge is -2.11. The van der Waals surface area contributed by atoms with Gasteiger partial charge in [-0.2, -0.15) is 5.10 Å². The Labute approximate surface area is 171 Å². The Balaban J connectivity index is 1.89. The molecule has 0 spiro atoms. The van der Waals surface area contributed by atoms with Crippen LogP contribution in [0, 0.1) is 0 Å². The fraction of sp³-hybridized carbons (Fsp3) is 0.111. The molecule has 7 nitrogen and oxygen atoms in total. The van der Waals surface area contributed by atoms with E-state index >= 15 is 0 Å². The van der Waals surface area contributed by atoms with E-state index in [1.54, 1.807) is 0 Å². The molecule has 0 radical (unpaired) electrons. The van der Waals surface area contributed by atoms with Gasteiger partial charge in [-0.3, -0.25) is 9.48 Å². The van der Waals surface area contributed by atoms with Crippen LogP contribution in [0.1, 0.15) is 0 Å². The van der Waals surface area contributed by atoms with Crippen LogP contribution in [0.3, 0.4) is 0 Å². The molecular formula is C18H15Cl2N3O4S. The van der Waals surface area contributed by atoms with E-state index in [2.05, 4.69) is 10.4 Å². The van der Waals surface area contributed by atoms with Crippen molar-refractivity contribution in [1.82, 2.24) is 9.78 Å². The van der Waals surface area contributed by atoms with Crippen LogP contribution in [0.15, 0.2) is 64.6 Å². The van der Waals surface area contributed by atoms with Crippen molar-refractivity contribution in [2.75, 3.05) is 12.4 Å². The number of nitrogens with one attached hydrogen (secondary N) is 1. The second kappa shape index (κ2) is 8.22. The maximum Gasteiger partial charge on any atom is 0.246 e. The molecular weight excluding hydrogens is 425 g/mol. The molecule has 146 valence electrons. The minimum Gasteiger partial charge on any atom is -0.497 e. The zero-order chi connectivity index (χ0) is 20.3. The molecule has 1 heterocycles. The Morgan fingerprint density at radius 2 is 1.82 bits per heavy atom. The van der Waals surface area contributed by atoms with Crippen LogP contribution in [-0.4, -0.2) is 31.2 Å². The molecule has 28 heavy (non-hydrogen) atoms. The van der Waals surface area contributed by atoms with Gasteiger partial charge in [0.05, 0.1) is 28.1 Å². The molecule has 0 fully saturated rings. The van der Waals surface area contributed by atoms with E-state index in [1.165, 1.54) is 66.6 Å². The number of amides is 1. The summed E-state index contributed by atoms with van der Waals surface area (Å²) in [7, 11) is -2.42. The van der Waals surface area contributed by atoms with Gasteiger partial charge in [0.25, 0.3) is 0 Å². The van der Waals surface area contributed by atoms with Crippen LogP contribution in [0.5, 0.6) is 5.75 Å². The minimum absolute atomic E-state index is 0.0217. The molecule has 0 aliphatic rings. The van der Waals surface area contributed by atoms with Gasteiger partial charge in [0.2, 0.25) is 15.7 Å². The second-order valence-electron chi connectivity index (χ2n) is 5.76. The van der Waals surface area contributed by atoms with E-state index in [9.17, 15) is 13.2 Å². The van der Waals surface area contributed by atoms with Gasteiger partial charge < -0.3 is 10.1 Å². The van der Waals surface area contributed by atoms with Crippen molar-refractivity contribution in [3.8, 4) is 5.75 Å². The highest BCUT2D eigenvalue weighted by Gasteiger charge is 2.20. The summed E-state index contributed by atoms with van der Waals surface area (Å²) in [4.78, 5) is 12.3. The number of nitrogens with zero attached hydrogens (tertiary/aromatic N) is 2. The summed E-state index contributed by atoms with van der Waals surface area (Å²) in [6.07, 6.45) is 2.92. The summed E-state index contributed by atoms with van der Waals surface area (Å²) in [5.41, 5.74) is 0.273. The predicted molar refractivity (Wildman–Crippen MR) is 106 cm³/mol. The summed E-state index contributed by atoms with van der Waals surface area (Å²) in [6.45, 7) is -0.0802. The van der Waals surface area contributed by atoms with E-state index in [-0.39, 0.29) is 27.8 Å². The topological polar surface area (TPSA) is 90.3 Å². The fourth-order valence-electron chi connectivity index (χ4n) is 2.44. The summed E-state index contributed by atoms with van der Waals surface area (Å²) >= 11 is 11.6. The normalized spacial score (nSPS) is 11.2. The van der Waals surface area contributed by atoms with Gasteiger partial charge in [-0.05, 0) is 36.4 Å². The first-order valence-electron chi connectivity index (χ1n) is 7.95. The fourth-order valence-corrected chi connectivity index (χ4v) is 4.04. The van der Waals surface area contributed by atoms with Crippen molar-refractivity contribution in [3.05, 3.63) is 64.9 Å². The van der Waals surface area contributed by atoms with Crippen molar-refractivity contribution in [3.63, 3.8) is 0 Å². The maximum absolute atomic E-state index is 12.9. The zero-order valence-corrected chi connectivity index (χ0v) is 16.9. The molecule has 0 bridgehead atoms. The average Bonchev–Trinajstić information content (AvgIpc) is 3.06. The monoisotopic (exact) mass is 439 g/mol. The van der Waals surface area contributed by atoms with Crippen LogP contribution < -0.4 is 10.1 Å². The first-order valence-corrected chi connectivity index (χ1v) is 10.2. The van der Waals surface area contributed by atoms with E-state index in [0.717, 1.165) is 0 Å². The highest BCUT2D eigenvalue weighted by molar-refractivity contribution is 7.91. The Bertz CT molecular complexity index is 1110. The predicted octanol–water partition coefficient (Wildman–Crippen LogP) is 3.67. The molecule has 0 unspecified atom stereocenters. The molecule has 0 saturated heterocycles. The number of benzene rings is 2. The van der Waals surface area contributed by atoms with Crippen LogP contribution in [0.4, 0.5) is 5.69 Å². The molecule has 3 rings (SSSR count). The van der Waals surface area contributed by atoms with Crippen molar-refractivity contribution < 1.29 is 17.9 Å². The van der Waals surface area contributed by atoms with Crippen molar-refractivity contribution in [2.24, 2.45) is 0 Å². The van der Waals surface area contributed by atoms with Crippen LogP contribution in [-0.2, 0) is 21.2 Å². The minimum atomic E-state index is -3.83. The van der Waals surface area contributed by atoms with Crippen LogP contribution >= 0.6 is 23.2 Å². The number of ether oxygens (including phenoxy) is 1. The molecule has 1 N–H and O–H groups in total. The largest absolute Gasteiger partial charge is 0.497 e. The lowest BCUT2D eigenvalue weighted by Crippen LogP contribution is -2.19. The third kappa shape index (κ3) is 4.64. The van der Waals surface area contributed by atoms with E-state index in [4.69, 9.17) is 27.9 Å². The number of anilines is 1. The number of rotatable bonds is 6. The molecule has 10 heteroatoms. The highest BCUT2D eigenvalue weighted by Crippen LogP contribution is 2.29. The lowest BCUT2D eigenvalue weighted by molar-refractivity contribution is -0.116. The number of hydrogen-bond acceptors (Lipinski definition) is 5. The standard InChI is InChI=1S/C18H15Cl2N3O4S/c1-27-15-6-14(22-18(24)11-23-10-13(20)9-21-23)7-17(8-15)28(25,26)16-4-2-12(19)3-5-16/h2-10H,11H2,1H3,(H,22,24). The van der Waals surface area contributed by atoms with Crippen LogP contribution in [0.25, 0.3) is 0 Å². The smallest absolute Gasteiger partial charge is 0.246 e. The van der Waals surface area contributed by atoms with Crippen molar-refractivity contribution >= 4 is 44.6 Å². The number of sulfone groups is 1. The van der Waals surface area contributed by atoms with Gasteiger partial charge in [-0.15, -0.1) is 0 Å². The molecule has 0 atom stereocenters. The Kier molecular flexibility index (Phi) is 5.93. The van der Waals surface area contributed by atoms with Gasteiger partial charge in [0.1, 0.15) is 12.3 Å². The molecule has 0 saturated carbocycles. The first-order chi connectivity index (χ1) is 13.3. The third-order valence-electron chi connectivity index (χ3n) is 3.74. The number of carbonyl (C=O) groups excluding carboxylic acids is 1. The quantitative estimate of drug-likeness (QED) is 0.632. The number of carbonyl (C=O) groups is 1. The summed E-state index contributed by atoms with van der Waals surface area (Å²) in [5, 5.41) is 7.40. The number of halogens is 2. The Morgan fingerprint density at radius 3 is 2.43 bits per heavy atom. The van der Waals surface area contributed by atoms with Gasteiger partial charge in [-0.25, -0.2) is 8.42 Å². The summed E-state index contributed by atoms with van der Waals surface area (Å²) in [5.74, 6) is -0.115. The summed E-state index contributed by atoms with van der Waals surface area (Å²) < 4.78 is 32.4. The maximum atomic E-state index is 12.9. The second-order valence-corrected chi connectivity index (χ2v) is 8.58. The average molecular weight is 440 g/mol. The van der Waals surface area contributed by atoms with Crippen LogP contribution in [0.2, 0.25) is 10.0 Å². The van der Waals surface area contributed by atoms with E-state index in [1.807, 2.05) is 0 Å². The molecule has 0 aliphatic carbocycles. The highest BCUT2D eigenvalue weighted by atomic mass is 35.5. The molecule has 0 aliphatic heterocycles. The number of hydrogen-bond donors (Lipinski definition) is 1. The van der Waals surface area contributed by atoms with E-state index in [0.29, 0.717) is 10.0 Å². The van der Waals surface area contributed by atoms with Gasteiger partial charge in [-0.1, -0.05) is 23.2 Å². The molecule has 2 aromatic carbocycles. The lowest BCUT2D eigenvalue weighted by atomic mass is 10.3. The zero-order valence-electron chi connectivity index (χ0n) is 14.6. The molecule has 1 amide bonds. The molecule has 1 aromatic heterocycles. The van der Waals surface area contributed by atoms with Gasteiger partial charge in [0.15, 0.2) is 0 Å². The van der Waals surface area contributed by atoms with Gasteiger partial charge >= 0.3 is 0 Å². The van der Waals surface area contributed by atoms with Gasteiger partial charge in [0, 0.05) is 23.0 Å². The number of methoxy groups -OCH3 is 1. The Morgan fingerprint density at radius 1 is 1.11 bits per heavy atom. The van der Waals surface area contributed by atoms with Crippen molar-refractivity contribution in [2.45, 2.75) is 16.3 Å². The summed E-state index contributed by atoms with van der Waals surface area (Å²) in [6, 6.07) is 10.1. The first kappa shape index (κ1) is 20.2. The Hall–Kier alpha value is -2.55. The van der Waals surface area contributed by atoms with E-state index < -0.39 is 15.7 Å².